The van der Waals surface area contributed by atoms with Crippen LogP contribution in [0.1, 0.15) is 24.1 Å². The first-order chi connectivity index (χ1) is 8.31. The second kappa shape index (κ2) is 5.85. The lowest BCUT2D eigenvalue weighted by atomic mass is 9.99. The molecule has 0 saturated heterocycles. The van der Waals surface area contributed by atoms with Gasteiger partial charge in [0.1, 0.15) is 0 Å². The average Bonchev–Trinajstić information content (AvgIpc) is 2.38. The van der Waals surface area contributed by atoms with E-state index >= 15 is 0 Å². The number of rotatable bonds is 4. The summed E-state index contributed by atoms with van der Waals surface area (Å²) in [5, 5.41) is 4.27. The molecule has 17 heavy (non-hydrogen) atoms. The van der Waals surface area contributed by atoms with Crippen LogP contribution in [-0.4, -0.2) is 6.54 Å². The molecule has 0 radical (unpaired) electrons. The first-order valence-electron chi connectivity index (χ1n) is 5.85. The second-order valence-electron chi connectivity index (χ2n) is 3.95. The molecular weight excluding hydrogens is 230 g/mol. The van der Waals surface area contributed by atoms with E-state index in [-0.39, 0.29) is 6.04 Å². The highest BCUT2D eigenvalue weighted by Gasteiger charge is 2.11. The van der Waals surface area contributed by atoms with Crippen LogP contribution in [0.2, 0.25) is 5.02 Å². The van der Waals surface area contributed by atoms with Crippen molar-refractivity contribution in [3.63, 3.8) is 0 Å². The summed E-state index contributed by atoms with van der Waals surface area (Å²) in [6, 6.07) is 18.7. The fraction of sp³-hybridized carbons (Fsp3) is 0.200. The number of nitrogens with one attached hydrogen (secondary N) is 1. The van der Waals surface area contributed by atoms with Crippen molar-refractivity contribution in [2.24, 2.45) is 0 Å². The molecule has 0 heterocycles. The topological polar surface area (TPSA) is 12.0 Å². The highest BCUT2D eigenvalue weighted by Crippen LogP contribution is 2.23. The van der Waals surface area contributed by atoms with Crippen LogP contribution in [0, 0.1) is 0 Å². The molecule has 0 bridgehead atoms. The van der Waals surface area contributed by atoms with Gasteiger partial charge in [0.05, 0.1) is 6.04 Å². The van der Waals surface area contributed by atoms with Crippen molar-refractivity contribution in [3.8, 4) is 0 Å². The van der Waals surface area contributed by atoms with E-state index in [2.05, 4.69) is 48.6 Å². The minimum Gasteiger partial charge on any atom is -0.307 e. The summed E-state index contributed by atoms with van der Waals surface area (Å²) >= 11 is 5.92. The Kier molecular flexibility index (Phi) is 4.18. The van der Waals surface area contributed by atoms with Crippen LogP contribution < -0.4 is 5.32 Å². The van der Waals surface area contributed by atoms with Crippen LogP contribution in [0.3, 0.4) is 0 Å². The van der Waals surface area contributed by atoms with Gasteiger partial charge in [0, 0.05) is 5.02 Å². The SMILES string of the molecule is CCNC(c1ccccc1)c1ccc(Cl)cc1. The summed E-state index contributed by atoms with van der Waals surface area (Å²) in [7, 11) is 0. The quantitative estimate of drug-likeness (QED) is 0.857. The molecule has 1 nitrogen and oxygen atoms in total. The van der Waals surface area contributed by atoms with Crippen LogP contribution in [0.25, 0.3) is 0 Å². The van der Waals surface area contributed by atoms with Gasteiger partial charge in [0.25, 0.3) is 0 Å². The van der Waals surface area contributed by atoms with Crippen molar-refractivity contribution in [3.05, 3.63) is 70.7 Å². The maximum atomic E-state index is 5.92. The van der Waals surface area contributed by atoms with Crippen molar-refractivity contribution in [2.45, 2.75) is 13.0 Å². The normalized spacial score (nSPS) is 12.4. The molecule has 2 aromatic rings. The van der Waals surface area contributed by atoms with E-state index < -0.39 is 0 Å². The molecule has 0 amide bonds. The summed E-state index contributed by atoms with van der Waals surface area (Å²) in [6.07, 6.45) is 0. The van der Waals surface area contributed by atoms with Crippen molar-refractivity contribution in [2.75, 3.05) is 6.54 Å². The smallest absolute Gasteiger partial charge is 0.0576 e. The van der Waals surface area contributed by atoms with Crippen LogP contribution in [-0.2, 0) is 0 Å². The summed E-state index contributed by atoms with van der Waals surface area (Å²) in [4.78, 5) is 0. The Morgan fingerprint density at radius 2 is 1.53 bits per heavy atom. The van der Waals surface area contributed by atoms with E-state index in [4.69, 9.17) is 11.6 Å². The highest BCUT2D eigenvalue weighted by atomic mass is 35.5. The van der Waals surface area contributed by atoms with Gasteiger partial charge in [-0.05, 0) is 29.8 Å². The van der Waals surface area contributed by atoms with Crippen LogP contribution in [0.5, 0.6) is 0 Å². The number of hydrogen-bond donors (Lipinski definition) is 1. The molecule has 88 valence electrons. The fourth-order valence-corrected chi connectivity index (χ4v) is 2.06. The van der Waals surface area contributed by atoms with Gasteiger partial charge in [-0.1, -0.05) is 61.0 Å². The first-order valence-corrected chi connectivity index (χ1v) is 6.23. The van der Waals surface area contributed by atoms with E-state index in [0.717, 1.165) is 11.6 Å². The monoisotopic (exact) mass is 245 g/mol. The van der Waals surface area contributed by atoms with E-state index in [0.29, 0.717) is 0 Å². The molecule has 0 fully saturated rings. The Bertz CT molecular complexity index is 450. The maximum absolute atomic E-state index is 5.92. The molecule has 0 aliphatic rings. The summed E-state index contributed by atoms with van der Waals surface area (Å²) < 4.78 is 0. The lowest BCUT2D eigenvalue weighted by Gasteiger charge is -2.18. The standard InChI is InChI=1S/C15H16ClN/c1-2-17-15(12-6-4-3-5-7-12)13-8-10-14(16)11-9-13/h3-11,15,17H,2H2,1H3. The molecule has 2 aromatic carbocycles. The van der Waals surface area contributed by atoms with Gasteiger partial charge in [0.15, 0.2) is 0 Å². The van der Waals surface area contributed by atoms with E-state index in [1.54, 1.807) is 0 Å². The molecule has 2 rings (SSSR count). The highest BCUT2D eigenvalue weighted by molar-refractivity contribution is 6.30. The second-order valence-corrected chi connectivity index (χ2v) is 4.39. The van der Waals surface area contributed by atoms with Crippen LogP contribution >= 0.6 is 11.6 Å². The Balaban J connectivity index is 2.32. The van der Waals surface area contributed by atoms with Gasteiger partial charge < -0.3 is 5.32 Å². The Labute approximate surface area is 107 Å². The summed E-state index contributed by atoms with van der Waals surface area (Å²) in [6.45, 7) is 3.05. The third kappa shape index (κ3) is 3.09. The Morgan fingerprint density at radius 3 is 2.12 bits per heavy atom. The molecular formula is C15H16ClN. The zero-order chi connectivity index (χ0) is 12.1. The van der Waals surface area contributed by atoms with Crippen molar-refractivity contribution < 1.29 is 0 Å². The van der Waals surface area contributed by atoms with Gasteiger partial charge in [0.2, 0.25) is 0 Å². The molecule has 0 aromatic heterocycles. The molecule has 1 N–H and O–H groups in total. The zero-order valence-corrected chi connectivity index (χ0v) is 10.6. The molecule has 1 atom stereocenters. The summed E-state index contributed by atoms with van der Waals surface area (Å²) in [5.41, 5.74) is 2.51. The van der Waals surface area contributed by atoms with Crippen LogP contribution in [0.15, 0.2) is 54.6 Å². The Morgan fingerprint density at radius 1 is 0.941 bits per heavy atom. The molecule has 0 saturated carbocycles. The predicted octanol–water partition coefficient (Wildman–Crippen LogP) is 4.04. The maximum Gasteiger partial charge on any atom is 0.0576 e. The van der Waals surface area contributed by atoms with Gasteiger partial charge in [-0.15, -0.1) is 0 Å². The lowest BCUT2D eigenvalue weighted by molar-refractivity contribution is 0.631. The van der Waals surface area contributed by atoms with Gasteiger partial charge >= 0.3 is 0 Å². The zero-order valence-electron chi connectivity index (χ0n) is 9.86. The third-order valence-corrected chi connectivity index (χ3v) is 3.00. The minimum atomic E-state index is 0.235. The fourth-order valence-electron chi connectivity index (χ4n) is 1.93. The van der Waals surface area contributed by atoms with Gasteiger partial charge in [-0.2, -0.15) is 0 Å². The molecule has 2 heteroatoms. The largest absolute Gasteiger partial charge is 0.307 e. The lowest BCUT2D eigenvalue weighted by Crippen LogP contribution is -2.21. The number of benzene rings is 2. The van der Waals surface area contributed by atoms with Crippen molar-refractivity contribution in [1.29, 1.82) is 0 Å². The van der Waals surface area contributed by atoms with E-state index in [1.165, 1.54) is 11.1 Å². The number of halogens is 1. The Hall–Kier alpha value is -1.31. The minimum absolute atomic E-state index is 0.235. The third-order valence-electron chi connectivity index (χ3n) is 2.74. The van der Waals surface area contributed by atoms with Gasteiger partial charge in [-0.25, -0.2) is 0 Å². The average molecular weight is 246 g/mol. The number of hydrogen-bond acceptors (Lipinski definition) is 1. The van der Waals surface area contributed by atoms with Crippen molar-refractivity contribution in [1.82, 2.24) is 5.32 Å². The summed E-state index contributed by atoms with van der Waals surface area (Å²) in [5.74, 6) is 0. The van der Waals surface area contributed by atoms with Gasteiger partial charge in [-0.3, -0.25) is 0 Å². The van der Waals surface area contributed by atoms with Crippen LogP contribution in [0.4, 0.5) is 0 Å². The van der Waals surface area contributed by atoms with E-state index in [1.807, 2.05) is 18.2 Å². The predicted molar refractivity (Wildman–Crippen MR) is 73.4 cm³/mol. The molecule has 0 spiro atoms. The van der Waals surface area contributed by atoms with E-state index in [9.17, 15) is 0 Å². The molecule has 0 aliphatic heterocycles. The first kappa shape index (κ1) is 12.2. The molecule has 0 aliphatic carbocycles. The molecule has 1 unspecified atom stereocenters. The van der Waals surface area contributed by atoms with Crippen molar-refractivity contribution >= 4 is 11.6 Å².